The lowest BCUT2D eigenvalue weighted by atomic mass is 9.82. The van der Waals surface area contributed by atoms with Gasteiger partial charge in [-0.25, -0.2) is 18.8 Å². The molecule has 9 heteroatoms. The molecule has 0 bridgehead atoms. The molecule has 30 heavy (non-hydrogen) atoms. The van der Waals surface area contributed by atoms with E-state index in [1.165, 1.54) is 23.6 Å². The first kappa shape index (κ1) is 19.4. The summed E-state index contributed by atoms with van der Waals surface area (Å²) in [5.41, 5.74) is 0.154. The van der Waals surface area contributed by atoms with E-state index in [-0.39, 0.29) is 17.7 Å². The average Bonchev–Trinajstić information content (AvgIpc) is 3.29. The highest BCUT2D eigenvalue weighted by Crippen LogP contribution is 2.38. The smallest absolute Gasteiger partial charge is 0.137 e. The number of aromatic amines is 1. The maximum absolute atomic E-state index is 14.7. The molecule has 1 aromatic heterocycles. The van der Waals surface area contributed by atoms with Gasteiger partial charge >= 0.3 is 0 Å². The number of nitrogens with zero attached hydrogens (tertiary/aromatic N) is 5. The summed E-state index contributed by atoms with van der Waals surface area (Å²) in [6.45, 7) is 3.80. The fourth-order valence-electron chi connectivity index (χ4n) is 3.17. The molecule has 7 nitrogen and oxygen atoms in total. The number of hydrogen-bond acceptors (Lipinski definition) is 6. The minimum atomic E-state index is -1.93. The van der Waals surface area contributed by atoms with E-state index >= 15 is 0 Å². The van der Waals surface area contributed by atoms with Gasteiger partial charge < -0.3 is 5.11 Å². The number of halogens is 2. The van der Waals surface area contributed by atoms with E-state index in [4.69, 9.17) is 0 Å². The maximum Gasteiger partial charge on any atom is 0.137 e. The minimum Gasteiger partial charge on any atom is -0.378 e. The van der Waals surface area contributed by atoms with Gasteiger partial charge in [-0.1, -0.05) is 30.8 Å². The van der Waals surface area contributed by atoms with Gasteiger partial charge in [0.05, 0.1) is 18.9 Å². The Hall–Kier alpha value is -3.94. The highest BCUT2D eigenvalue weighted by molar-refractivity contribution is 5.75. The molecule has 1 aliphatic heterocycles. The predicted octanol–water partition coefficient (Wildman–Crippen LogP) is 3.09. The Morgan fingerprint density at radius 2 is 2.00 bits per heavy atom. The quantitative estimate of drug-likeness (QED) is 0.658. The first-order chi connectivity index (χ1) is 14.5. The molecule has 0 amide bonds. The molecule has 4 rings (SSSR count). The lowest BCUT2D eigenvalue weighted by molar-refractivity contribution is 0.0725. The van der Waals surface area contributed by atoms with Crippen LogP contribution in [0.15, 0.2) is 71.5 Å². The molecule has 0 saturated carbocycles. The summed E-state index contributed by atoms with van der Waals surface area (Å²) in [7, 11) is 0. The summed E-state index contributed by atoms with van der Waals surface area (Å²) >= 11 is 0. The van der Waals surface area contributed by atoms with Crippen LogP contribution >= 0.6 is 0 Å². The number of hydrazone groups is 1. The van der Waals surface area contributed by atoms with E-state index in [0.29, 0.717) is 17.3 Å². The summed E-state index contributed by atoms with van der Waals surface area (Å²) in [6, 6.07) is 10.0. The Morgan fingerprint density at radius 3 is 2.63 bits per heavy atom. The Balaban J connectivity index is 1.73. The molecule has 1 atom stereocenters. The van der Waals surface area contributed by atoms with Crippen LogP contribution in [0.2, 0.25) is 0 Å². The Bertz CT molecular complexity index is 1170. The van der Waals surface area contributed by atoms with Gasteiger partial charge in [0.15, 0.2) is 0 Å². The summed E-state index contributed by atoms with van der Waals surface area (Å²) in [4.78, 5) is 3.91. The van der Waals surface area contributed by atoms with Crippen LogP contribution in [0.1, 0.15) is 11.1 Å². The van der Waals surface area contributed by atoms with Crippen LogP contribution in [0.25, 0.3) is 16.8 Å². The van der Waals surface area contributed by atoms with Gasteiger partial charge in [0, 0.05) is 23.1 Å². The first-order valence-corrected chi connectivity index (χ1v) is 8.89. The summed E-state index contributed by atoms with van der Waals surface area (Å²) in [5.74, 6) is 0.907. The third kappa shape index (κ3) is 3.67. The van der Waals surface area contributed by atoms with Crippen molar-refractivity contribution in [2.45, 2.75) is 5.60 Å². The van der Waals surface area contributed by atoms with Crippen molar-refractivity contribution in [2.24, 2.45) is 10.1 Å². The highest BCUT2D eigenvalue weighted by Gasteiger charge is 2.38. The van der Waals surface area contributed by atoms with Crippen molar-refractivity contribution in [3.63, 3.8) is 0 Å². The molecule has 2 heterocycles. The van der Waals surface area contributed by atoms with Crippen LogP contribution in [-0.4, -0.2) is 44.3 Å². The second-order valence-corrected chi connectivity index (χ2v) is 6.62. The second kappa shape index (κ2) is 7.82. The number of β-amino-alcohol motifs (C(OH)–C–C–N with tert-alkyl or cyclic N) is 1. The number of rotatable bonds is 6. The zero-order chi connectivity index (χ0) is 21.1. The molecule has 0 aliphatic carbocycles. The van der Waals surface area contributed by atoms with Crippen LogP contribution in [0.4, 0.5) is 8.78 Å². The third-order valence-electron chi connectivity index (χ3n) is 4.73. The van der Waals surface area contributed by atoms with Crippen LogP contribution in [-0.2, 0) is 5.60 Å². The monoisotopic (exact) mass is 406 g/mol. The molecule has 0 spiro atoms. The van der Waals surface area contributed by atoms with E-state index in [2.05, 4.69) is 38.0 Å². The van der Waals surface area contributed by atoms with Crippen molar-refractivity contribution in [3.8, 4) is 11.3 Å². The van der Waals surface area contributed by atoms with Gasteiger partial charge in [-0.15, -0.1) is 5.10 Å². The second-order valence-electron chi connectivity index (χ2n) is 6.62. The van der Waals surface area contributed by atoms with E-state index < -0.39 is 17.2 Å². The zero-order valence-corrected chi connectivity index (χ0v) is 15.6. The van der Waals surface area contributed by atoms with Crippen LogP contribution in [0.3, 0.4) is 0 Å². The molecule has 0 radical (unpaired) electrons. The molecule has 150 valence electrons. The summed E-state index contributed by atoms with van der Waals surface area (Å²) < 4.78 is 28.1. The lowest BCUT2D eigenvalue weighted by Crippen LogP contribution is -2.40. The largest absolute Gasteiger partial charge is 0.378 e. The van der Waals surface area contributed by atoms with Crippen molar-refractivity contribution in [1.82, 2.24) is 20.4 Å². The van der Waals surface area contributed by atoms with E-state index in [1.807, 2.05) is 0 Å². The maximum atomic E-state index is 14.7. The van der Waals surface area contributed by atoms with Gasteiger partial charge in [0.1, 0.15) is 29.3 Å². The van der Waals surface area contributed by atoms with Crippen molar-refractivity contribution in [1.29, 1.82) is 0 Å². The molecular formula is C21H16F2N6O. The van der Waals surface area contributed by atoms with Crippen LogP contribution in [0, 0.1) is 11.6 Å². The van der Waals surface area contributed by atoms with Gasteiger partial charge in [0.2, 0.25) is 0 Å². The number of nitrogens with one attached hydrogen (secondary N) is 1. The van der Waals surface area contributed by atoms with Crippen molar-refractivity contribution < 1.29 is 13.9 Å². The molecule has 1 aliphatic rings. The standard InChI is InChI=1S/C21H16F2N6O/c1-14(15-2-4-16(5-3-15)20-11-25-28-27-20)21(30,12-29-13-24-8-9-26-29)18-7-6-17(22)10-19(18)23/h2-8,10-11,13,30H,1,12H2,(H,25,27,28). The number of hydrogen-bond donors (Lipinski definition) is 2. The first-order valence-electron chi connectivity index (χ1n) is 8.89. The Labute approximate surface area is 170 Å². The number of benzene rings is 2. The van der Waals surface area contributed by atoms with E-state index in [1.54, 1.807) is 30.5 Å². The van der Waals surface area contributed by atoms with Crippen molar-refractivity contribution >= 4 is 17.8 Å². The molecule has 3 aromatic rings. The number of H-pyrrole nitrogens is 1. The number of aliphatic imine (C=N–C) groups is 1. The number of aliphatic hydroxyl groups is 1. The predicted molar refractivity (Wildman–Crippen MR) is 108 cm³/mol. The van der Waals surface area contributed by atoms with E-state index in [0.717, 1.165) is 11.6 Å². The normalized spacial score (nSPS) is 14.7. The van der Waals surface area contributed by atoms with Gasteiger partial charge in [0.25, 0.3) is 0 Å². The van der Waals surface area contributed by atoms with Crippen LogP contribution in [0.5, 0.6) is 0 Å². The fourth-order valence-corrected chi connectivity index (χ4v) is 3.17. The average molecular weight is 406 g/mol. The van der Waals surface area contributed by atoms with Crippen LogP contribution < -0.4 is 0 Å². The highest BCUT2D eigenvalue weighted by atomic mass is 19.1. The molecule has 2 aromatic carbocycles. The molecule has 1 unspecified atom stereocenters. The van der Waals surface area contributed by atoms with Gasteiger partial charge in [-0.3, -0.25) is 0 Å². The lowest BCUT2D eigenvalue weighted by Gasteiger charge is -2.34. The topological polar surface area (TPSA) is 89.8 Å². The van der Waals surface area contributed by atoms with Gasteiger partial charge in [-0.2, -0.15) is 15.4 Å². The molecular weight excluding hydrogens is 390 g/mol. The minimum absolute atomic E-state index is 0.132. The third-order valence-corrected chi connectivity index (χ3v) is 4.73. The Morgan fingerprint density at radius 1 is 1.20 bits per heavy atom. The molecule has 2 N–H and O–H groups in total. The zero-order valence-electron chi connectivity index (χ0n) is 15.6. The fraction of sp³-hybridized carbons (Fsp3) is 0.0952. The van der Waals surface area contributed by atoms with Crippen molar-refractivity contribution in [3.05, 3.63) is 84.2 Å². The van der Waals surface area contributed by atoms with E-state index in [9.17, 15) is 13.9 Å². The Kier molecular flexibility index (Phi) is 5.05. The number of aromatic nitrogens is 3. The molecule has 0 fully saturated rings. The van der Waals surface area contributed by atoms with Crippen molar-refractivity contribution in [2.75, 3.05) is 6.54 Å². The summed E-state index contributed by atoms with van der Waals surface area (Å²) in [5, 5.41) is 27.2. The SMILES string of the molecule is C=C(c1ccc(-c2cn[nH]n2)cc1)C(O)(CN1C=NC=C=N1)c1ccc(F)cc1F. The van der Waals surface area contributed by atoms with Gasteiger partial charge in [-0.05, 0) is 23.3 Å². The molecule has 0 saturated heterocycles. The summed E-state index contributed by atoms with van der Waals surface area (Å²) in [6.07, 6.45) is 4.30.